The first-order chi connectivity index (χ1) is 18.3. The highest BCUT2D eigenvalue weighted by atomic mass is 32.2. The molecule has 1 heterocycles. The lowest BCUT2D eigenvalue weighted by molar-refractivity contribution is 0.401. The van der Waals surface area contributed by atoms with Crippen LogP contribution in [0.5, 0.6) is 0 Å². The molecule has 1 aromatic heterocycles. The lowest BCUT2D eigenvalue weighted by atomic mass is 10.1. The smallest absolute Gasteiger partial charge is 0.412 e. The van der Waals surface area contributed by atoms with Crippen LogP contribution < -0.4 is 5.76 Å². The number of aryl methyl sites for hydroxylation is 2. The van der Waals surface area contributed by atoms with Gasteiger partial charge in [0.2, 0.25) is 10.0 Å². The van der Waals surface area contributed by atoms with Gasteiger partial charge in [0.05, 0.1) is 16.3 Å². The molecule has 0 saturated heterocycles. The molecule has 0 amide bonds. The zero-order chi connectivity index (χ0) is 26.7. The molecular formula is C31H28N2O4S. The van der Waals surface area contributed by atoms with Crippen LogP contribution >= 0.6 is 0 Å². The molecule has 0 bridgehead atoms. The minimum absolute atomic E-state index is 0.179. The Kier molecular flexibility index (Phi) is 7.13. The number of oxazole rings is 1. The molecule has 5 rings (SSSR count). The van der Waals surface area contributed by atoms with Gasteiger partial charge in [-0.1, -0.05) is 84.9 Å². The van der Waals surface area contributed by atoms with Crippen LogP contribution in [-0.4, -0.2) is 17.3 Å². The summed E-state index contributed by atoms with van der Waals surface area (Å²) >= 11 is 0. The Morgan fingerprint density at radius 1 is 0.737 bits per heavy atom. The van der Waals surface area contributed by atoms with E-state index < -0.39 is 15.8 Å². The van der Waals surface area contributed by atoms with Crippen molar-refractivity contribution in [2.24, 2.45) is 0 Å². The van der Waals surface area contributed by atoms with Gasteiger partial charge in [-0.25, -0.2) is 17.8 Å². The van der Waals surface area contributed by atoms with Crippen LogP contribution in [-0.2, 0) is 23.1 Å². The van der Waals surface area contributed by atoms with Gasteiger partial charge in [0.25, 0.3) is 0 Å². The van der Waals surface area contributed by atoms with Crippen LogP contribution in [0.2, 0.25) is 0 Å². The summed E-state index contributed by atoms with van der Waals surface area (Å²) in [6, 6.07) is 33.3. The van der Waals surface area contributed by atoms with Crippen molar-refractivity contribution in [3.8, 4) is 16.9 Å². The molecule has 5 aromatic rings. The standard InChI is InChI=1S/C31H28N2O4S/c1-23-10-9-15-28(20-23)33-30(24(2)37-31(33)34)27-16-18-29(19-17-27)38(35,36)32(21-25-11-5-3-6-12-25)22-26-13-7-4-8-14-26/h3-20H,21-22H2,1-2H3. The maximum Gasteiger partial charge on any atom is 0.424 e. The predicted octanol–water partition coefficient (Wildman–Crippen LogP) is 6.11. The van der Waals surface area contributed by atoms with E-state index in [1.165, 1.54) is 8.87 Å². The number of sulfonamides is 1. The molecule has 0 N–H and O–H groups in total. The summed E-state index contributed by atoms with van der Waals surface area (Å²) in [6.07, 6.45) is 0. The van der Waals surface area contributed by atoms with E-state index in [1.54, 1.807) is 31.2 Å². The maximum absolute atomic E-state index is 13.8. The molecule has 192 valence electrons. The second-order valence-corrected chi connectivity index (χ2v) is 11.2. The van der Waals surface area contributed by atoms with E-state index in [4.69, 9.17) is 4.42 Å². The molecule has 0 aliphatic rings. The predicted molar refractivity (Wildman–Crippen MR) is 149 cm³/mol. The van der Waals surface area contributed by atoms with Crippen LogP contribution in [0.3, 0.4) is 0 Å². The first-order valence-corrected chi connectivity index (χ1v) is 13.7. The van der Waals surface area contributed by atoms with Crippen molar-refractivity contribution in [3.05, 3.63) is 142 Å². The van der Waals surface area contributed by atoms with Crippen molar-refractivity contribution < 1.29 is 12.8 Å². The lowest BCUT2D eigenvalue weighted by Crippen LogP contribution is -2.30. The molecular weight excluding hydrogens is 496 g/mol. The third kappa shape index (κ3) is 5.25. The molecule has 0 fully saturated rings. The lowest BCUT2D eigenvalue weighted by Gasteiger charge is -2.23. The third-order valence-electron chi connectivity index (χ3n) is 6.41. The molecule has 0 atom stereocenters. The van der Waals surface area contributed by atoms with E-state index in [0.29, 0.717) is 22.7 Å². The van der Waals surface area contributed by atoms with Crippen LogP contribution in [0, 0.1) is 13.8 Å². The summed E-state index contributed by atoms with van der Waals surface area (Å²) in [5.41, 5.74) is 4.79. The summed E-state index contributed by atoms with van der Waals surface area (Å²) in [4.78, 5) is 12.9. The Bertz CT molecular complexity index is 1660. The molecule has 38 heavy (non-hydrogen) atoms. The third-order valence-corrected chi connectivity index (χ3v) is 8.21. The van der Waals surface area contributed by atoms with Gasteiger partial charge in [-0.3, -0.25) is 0 Å². The van der Waals surface area contributed by atoms with Crippen molar-refractivity contribution in [3.63, 3.8) is 0 Å². The molecule has 0 aliphatic heterocycles. The average Bonchev–Trinajstić information content (AvgIpc) is 3.23. The van der Waals surface area contributed by atoms with Crippen molar-refractivity contribution in [1.82, 2.24) is 8.87 Å². The van der Waals surface area contributed by atoms with Gasteiger partial charge in [-0.2, -0.15) is 4.31 Å². The summed E-state index contributed by atoms with van der Waals surface area (Å²) in [7, 11) is -3.83. The number of hydrogen-bond acceptors (Lipinski definition) is 4. The Hall–Kier alpha value is -4.20. The minimum atomic E-state index is -3.83. The summed E-state index contributed by atoms with van der Waals surface area (Å²) in [5, 5.41) is 0. The number of benzene rings is 4. The van der Waals surface area contributed by atoms with E-state index in [1.807, 2.05) is 91.9 Å². The van der Waals surface area contributed by atoms with E-state index in [9.17, 15) is 13.2 Å². The highest BCUT2D eigenvalue weighted by Crippen LogP contribution is 2.29. The van der Waals surface area contributed by atoms with Crippen molar-refractivity contribution in [2.45, 2.75) is 31.8 Å². The second kappa shape index (κ2) is 10.7. The Morgan fingerprint density at radius 3 is 1.87 bits per heavy atom. The van der Waals surface area contributed by atoms with Gasteiger partial charge in [0.15, 0.2) is 0 Å². The molecule has 0 radical (unpaired) electrons. The zero-order valence-corrected chi connectivity index (χ0v) is 22.1. The normalized spacial score (nSPS) is 11.7. The summed E-state index contributed by atoms with van der Waals surface area (Å²) in [5.74, 6) is -0.0291. The number of rotatable bonds is 8. The van der Waals surface area contributed by atoms with Crippen LogP contribution in [0.1, 0.15) is 22.5 Å². The Balaban J connectivity index is 1.52. The molecule has 0 saturated carbocycles. The van der Waals surface area contributed by atoms with Gasteiger partial charge in [0, 0.05) is 18.7 Å². The highest BCUT2D eigenvalue weighted by Gasteiger charge is 2.26. The molecule has 0 unspecified atom stereocenters. The fourth-order valence-corrected chi connectivity index (χ4v) is 5.96. The van der Waals surface area contributed by atoms with Gasteiger partial charge in [-0.15, -0.1) is 0 Å². The fraction of sp³-hybridized carbons (Fsp3) is 0.129. The molecule has 7 heteroatoms. The van der Waals surface area contributed by atoms with Crippen LogP contribution in [0.25, 0.3) is 16.9 Å². The van der Waals surface area contributed by atoms with Crippen molar-refractivity contribution >= 4 is 10.0 Å². The van der Waals surface area contributed by atoms with Crippen LogP contribution in [0.4, 0.5) is 0 Å². The van der Waals surface area contributed by atoms with E-state index >= 15 is 0 Å². The largest absolute Gasteiger partial charge is 0.424 e. The highest BCUT2D eigenvalue weighted by molar-refractivity contribution is 7.89. The quantitative estimate of drug-likeness (QED) is 0.246. The number of aromatic nitrogens is 1. The van der Waals surface area contributed by atoms with E-state index in [-0.39, 0.29) is 18.0 Å². The van der Waals surface area contributed by atoms with Gasteiger partial charge < -0.3 is 4.42 Å². The topological polar surface area (TPSA) is 72.5 Å². The molecule has 0 spiro atoms. The Labute approximate surface area is 222 Å². The van der Waals surface area contributed by atoms with Crippen LogP contribution in [0.15, 0.2) is 123 Å². The Morgan fingerprint density at radius 2 is 1.32 bits per heavy atom. The monoisotopic (exact) mass is 524 g/mol. The number of nitrogens with zero attached hydrogens (tertiary/aromatic N) is 2. The fourth-order valence-electron chi connectivity index (χ4n) is 4.54. The van der Waals surface area contributed by atoms with Crippen molar-refractivity contribution in [1.29, 1.82) is 0 Å². The minimum Gasteiger partial charge on any atom is -0.412 e. The van der Waals surface area contributed by atoms with E-state index in [2.05, 4.69) is 0 Å². The van der Waals surface area contributed by atoms with Crippen molar-refractivity contribution in [2.75, 3.05) is 0 Å². The first kappa shape index (κ1) is 25.4. The van der Waals surface area contributed by atoms with Gasteiger partial charge >= 0.3 is 5.76 Å². The maximum atomic E-state index is 13.8. The molecule has 4 aromatic carbocycles. The number of hydrogen-bond donors (Lipinski definition) is 0. The van der Waals surface area contributed by atoms with Gasteiger partial charge in [0.1, 0.15) is 5.76 Å². The molecule has 6 nitrogen and oxygen atoms in total. The second-order valence-electron chi connectivity index (χ2n) is 9.22. The van der Waals surface area contributed by atoms with Gasteiger partial charge in [-0.05, 0) is 54.8 Å². The summed E-state index contributed by atoms with van der Waals surface area (Å²) < 4.78 is 36.1. The first-order valence-electron chi connectivity index (χ1n) is 12.3. The zero-order valence-electron chi connectivity index (χ0n) is 21.2. The summed E-state index contributed by atoms with van der Waals surface area (Å²) in [6.45, 7) is 4.17. The average molecular weight is 525 g/mol. The molecule has 0 aliphatic carbocycles. The SMILES string of the molecule is Cc1cccc(-n2c(-c3ccc(S(=O)(=O)N(Cc4ccccc4)Cc4ccccc4)cc3)c(C)oc2=O)c1. The van der Waals surface area contributed by atoms with E-state index in [0.717, 1.165) is 16.7 Å².